The third kappa shape index (κ3) is 1.75. The third-order valence-corrected chi connectivity index (χ3v) is 3.82. The van der Waals surface area contributed by atoms with Crippen molar-refractivity contribution in [1.29, 1.82) is 0 Å². The highest BCUT2D eigenvalue weighted by Gasteiger charge is 2.38. The zero-order valence-corrected chi connectivity index (χ0v) is 10.6. The molecular weight excluding hydrogens is 224 g/mol. The highest BCUT2D eigenvalue weighted by molar-refractivity contribution is 5.89. The molecule has 3 rings (SSSR count). The Hall–Kier alpha value is -1.61. The maximum absolute atomic E-state index is 12.6. The van der Waals surface area contributed by atoms with Crippen molar-refractivity contribution in [3.63, 3.8) is 0 Å². The monoisotopic (exact) mass is 242 g/mol. The maximum atomic E-state index is 12.6. The lowest BCUT2D eigenvalue weighted by Crippen LogP contribution is -2.40. The van der Waals surface area contributed by atoms with Gasteiger partial charge in [0, 0.05) is 12.6 Å². The van der Waals surface area contributed by atoms with Crippen LogP contribution < -0.4 is 5.32 Å². The smallest absolute Gasteiger partial charge is 0.244 e. The van der Waals surface area contributed by atoms with Crippen LogP contribution in [-0.2, 0) is 4.79 Å². The summed E-state index contributed by atoms with van der Waals surface area (Å²) in [6.07, 6.45) is 2.26. The van der Waals surface area contributed by atoms with E-state index in [2.05, 4.69) is 18.0 Å². The quantitative estimate of drug-likeness (QED) is 0.860. The maximum Gasteiger partial charge on any atom is 0.244 e. The lowest BCUT2D eigenvalue weighted by atomic mass is 9.97. The molecule has 2 aliphatic rings. The average molecular weight is 242 g/mol. The molecule has 0 radical (unpaired) electrons. The van der Waals surface area contributed by atoms with Crippen molar-refractivity contribution in [2.24, 2.45) is 0 Å². The minimum absolute atomic E-state index is 0.186. The van der Waals surface area contributed by atoms with Gasteiger partial charge in [0.05, 0.1) is 0 Å². The van der Waals surface area contributed by atoms with Gasteiger partial charge in [0.1, 0.15) is 6.04 Å². The summed E-state index contributed by atoms with van der Waals surface area (Å²) in [5, 5.41) is 3.15. The molecule has 1 unspecified atom stereocenters. The van der Waals surface area contributed by atoms with Crippen molar-refractivity contribution in [2.45, 2.75) is 24.9 Å². The molecule has 1 aliphatic heterocycles. The van der Waals surface area contributed by atoms with E-state index in [1.54, 1.807) is 0 Å². The number of hydrogen-bond acceptors (Lipinski definition) is 2. The van der Waals surface area contributed by atoms with Gasteiger partial charge in [-0.05, 0) is 36.6 Å². The number of benzene rings is 1. The number of carbonyl (C=O) groups excluding carboxylic acids is 1. The number of rotatable bonds is 2. The minimum atomic E-state index is -0.235. The average Bonchev–Trinajstić information content (AvgIpc) is 3.20. The first-order chi connectivity index (χ1) is 8.72. The highest BCUT2D eigenvalue weighted by Crippen LogP contribution is 2.36. The van der Waals surface area contributed by atoms with Gasteiger partial charge in [-0.3, -0.25) is 4.79 Å². The molecule has 1 fully saturated rings. The third-order valence-electron chi connectivity index (χ3n) is 3.82. The molecule has 1 aromatic rings. The van der Waals surface area contributed by atoms with E-state index >= 15 is 0 Å². The summed E-state index contributed by atoms with van der Waals surface area (Å²) in [5.41, 5.74) is 3.22. The van der Waals surface area contributed by atoms with Crippen LogP contribution in [0.3, 0.4) is 0 Å². The molecule has 0 bridgehead atoms. The van der Waals surface area contributed by atoms with E-state index in [-0.39, 0.29) is 11.9 Å². The van der Waals surface area contributed by atoms with E-state index in [0.29, 0.717) is 12.6 Å². The zero-order chi connectivity index (χ0) is 12.7. The van der Waals surface area contributed by atoms with Gasteiger partial charge in [-0.25, -0.2) is 0 Å². The number of likely N-dealkylation sites (N-methyl/N-ethyl adjacent to an activating group) is 1. The van der Waals surface area contributed by atoms with Crippen LogP contribution in [0, 0.1) is 0 Å². The molecular formula is C15H18N2O. The molecule has 1 heterocycles. The molecule has 1 saturated carbocycles. The van der Waals surface area contributed by atoms with Crippen LogP contribution in [0.15, 0.2) is 30.8 Å². The first-order valence-corrected chi connectivity index (χ1v) is 6.47. The molecule has 3 heteroatoms. The van der Waals surface area contributed by atoms with Crippen LogP contribution in [-0.4, -0.2) is 30.4 Å². The second kappa shape index (κ2) is 4.25. The topological polar surface area (TPSA) is 32.3 Å². The molecule has 18 heavy (non-hydrogen) atoms. The van der Waals surface area contributed by atoms with Crippen LogP contribution in [0.2, 0.25) is 0 Å². The summed E-state index contributed by atoms with van der Waals surface area (Å²) in [6, 6.07) is 8.27. The second-order valence-corrected chi connectivity index (χ2v) is 5.11. The minimum Gasteiger partial charge on any atom is -0.334 e. The molecule has 3 nitrogen and oxygen atoms in total. The first kappa shape index (κ1) is 11.5. The van der Waals surface area contributed by atoms with Crippen molar-refractivity contribution in [3.8, 4) is 0 Å². The first-order valence-electron chi connectivity index (χ1n) is 6.47. The SMILES string of the molecule is C=C1CN(C2CC2)C(=O)C(NC)c2ccccc21. The fraction of sp³-hybridized carbons (Fsp3) is 0.400. The lowest BCUT2D eigenvalue weighted by molar-refractivity contribution is -0.133. The number of amides is 1. The van der Waals surface area contributed by atoms with Gasteiger partial charge in [-0.15, -0.1) is 0 Å². The molecule has 94 valence electrons. The molecule has 1 aliphatic carbocycles. The van der Waals surface area contributed by atoms with E-state index in [0.717, 1.165) is 29.5 Å². The van der Waals surface area contributed by atoms with Crippen molar-refractivity contribution in [1.82, 2.24) is 10.2 Å². The Balaban J connectivity index is 2.07. The van der Waals surface area contributed by atoms with Crippen molar-refractivity contribution in [3.05, 3.63) is 42.0 Å². The van der Waals surface area contributed by atoms with Crippen LogP contribution in [0.25, 0.3) is 5.57 Å². The summed E-state index contributed by atoms with van der Waals surface area (Å²) in [4.78, 5) is 14.6. The predicted octanol–water partition coefficient (Wildman–Crippen LogP) is 1.96. The van der Waals surface area contributed by atoms with E-state index in [9.17, 15) is 4.79 Å². The summed E-state index contributed by atoms with van der Waals surface area (Å²) >= 11 is 0. The fourth-order valence-corrected chi connectivity index (χ4v) is 2.71. The van der Waals surface area contributed by atoms with E-state index in [4.69, 9.17) is 0 Å². The second-order valence-electron chi connectivity index (χ2n) is 5.11. The zero-order valence-electron chi connectivity index (χ0n) is 10.6. The number of nitrogens with one attached hydrogen (secondary N) is 1. The molecule has 0 aromatic heterocycles. The van der Waals surface area contributed by atoms with Crippen molar-refractivity contribution in [2.75, 3.05) is 13.6 Å². The molecule has 1 aromatic carbocycles. The molecule has 0 spiro atoms. The molecule has 0 saturated heterocycles. The fourth-order valence-electron chi connectivity index (χ4n) is 2.71. The largest absolute Gasteiger partial charge is 0.334 e. The van der Waals surface area contributed by atoms with Gasteiger partial charge < -0.3 is 10.2 Å². The Morgan fingerprint density at radius 1 is 1.33 bits per heavy atom. The lowest BCUT2D eigenvalue weighted by Gasteiger charge is -2.24. The van der Waals surface area contributed by atoms with Gasteiger partial charge in [0.15, 0.2) is 0 Å². The highest BCUT2D eigenvalue weighted by atomic mass is 16.2. The number of hydrogen-bond donors (Lipinski definition) is 1. The normalized spacial score (nSPS) is 23.8. The van der Waals surface area contributed by atoms with E-state index in [1.807, 2.05) is 30.1 Å². The van der Waals surface area contributed by atoms with Gasteiger partial charge in [-0.2, -0.15) is 0 Å². The standard InChI is InChI=1S/C15H18N2O/c1-10-9-17(11-7-8-11)15(18)14(16-2)13-6-4-3-5-12(10)13/h3-6,11,14,16H,1,7-9H2,2H3. The summed E-state index contributed by atoms with van der Waals surface area (Å²) in [6.45, 7) is 4.82. The number of nitrogens with zero attached hydrogens (tertiary/aromatic N) is 1. The Kier molecular flexibility index (Phi) is 2.71. The van der Waals surface area contributed by atoms with Gasteiger partial charge >= 0.3 is 0 Å². The van der Waals surface area contributed by atoms with Crippen molar-refractivity contribution >= 4 is 11.5 Å². The summed E-state index contributed by atoms with van der Waals surface area (Å²) in [5.74, 6) is 0.186. The van der Waals surface area contributed by atoms with E-state index in [1.165, 1.54) is 0 Å². The molecule has 1 atom stereocenters. The van der Waals surface area contributed by atoms with Gasteiger partial charge in [0.2, 0.25) is 5.91 Å². The molecule has 1 N–H and O–H groups in total. The van der Waals surface area contributed by atoms with Crippen LogP contribution in [0.1, 0.15) is 30.0 Å². The van der Waals surface area contributed by atoms with Gasteiger partial charge in [-0.1, -0.05) is 30.8 Å². The van der Waals surface area contributed by atoms with Crippen LogP contribution in [0.4, 0.5) is 0 Å². The molecule has 1 amide bonds. The van der Waals surface area contributed by atoms with Crippen LogP contribution >= 0.6 is 0 Å². The Bertz CT molecular complexity index is 505. The van der Waals surface area contributed by atoms with Crippen LogP contribution in [0.5, 0.6) is 0 Å². The predicted molar refractivity (Wildman–Crippen MR) is 72.0 cm³/mol. The summed E-state index contributed by atoms with van der Waals surface area (Å²) < 4.78 is 0. The number of fused-ring (bicyclic) bond motifs is 1. The Morgan fingerprint density at radius 3 is 2.72 bits per heavy atom. The number of carbonyl (C=O) groups is 1. The van der Waals surface area contributed by atoms with Crippen molar-refractivity contribution < 1.29 is 4.79 Å². The Morgan fingerprint density at radius 2 is 2.06 bits per heavy atom. The van der Waals surface area contributed by atoms with E-state index < -0.39 is 0 Å². The Labute approximate surface area is 107 Å². The summed E-state index contributed by atoms with van der Waals surface area (Å²) in [7, 11) is 1.85. The van der Waals surface area contributed by atoms with Gasteiger partial charge in [0.25, 0.3) is 0 Å².